The number of halogens is 1. The summed E-state index contributed by atoms with van der Waals surface area (Å²) in [6, 6.07) is 8.14. The molecule has 31 heavy (non-hydrogen) atoms. The Morgan fingerprint density at radius 1 is 1.19 bits per heavy atom. The van der Waals surface area contributed by atoms with Gasteiger partial charge in [0.25, 0.3) is 5.91 Å². The van der Waals surface area contributed by atoms with E-state index in [1.54, 1.807) is 0 Å². The van der Waals surface area contributed by atoms with Gasteiger partial charge in [0.1, 0.15) is 28.8 Å². The Kier molecular flexibility index (Phi) is 6.16. The number of amides is 1. The molecule has 0 fully saturated rings. The van der Waals surface area contributed by atoms with Crippen LogP contribution in [0.4, 0.5) is 10.1 Å². The lowest BCUT2D eigenvalue weighted by Crippen LogP contribution is -2.18. The minimum absolute atomic E-state index is 0.0233. The van der Waals surface area contributed by atoms with Crippen molar-refractivity contribution in [2.24, 2.45) is 0 Å². The van der Waals surface area contributed by atoms with Gasteiger partial charge in [0.15, 0.2) is 16.4 Å². The number of benzene rings is 2. The van der Waals surface area contributed by atoms with Crippen LogP contribution >= 0.6 is 0 Å². The standard InChI is InChI=1S/C20H19FN2O7S/c1-22-20(26)18-13-7-16(29-9-17(24)25)14(23-10-31(2,27)28)8-15(13)30-19(18)11-3-5-12(21)6-4-11/h3-8,23H,9-10H2,1-2H3,(H,22,26)(H,24,25). The fourth-order valence-electron chi connectivity index (χ4n) is 2.88. The topological polar surface area (TPSA) is 135 Å². The first-order chi connectivity index (χ1) is 14.6. The van der Waals surface area contributed by atoms with Gasteiger partial charge in [0.2, 0.25) is 0 Å². The third-order valence-corrected chi connectivity index (χ3v) is 4.90. The number of sulfone groups is 1. The number of fused-ring (bicyclic) bond motifs is 1. The van der Waals surface area contributed by atoms with E-state index in [4.69, 9.17) is 14.3 Å². The van der Waals surface area contributed by atoms with Crippen molar-refractivity contribution in [3.8, 4) is 17.1 Å². The first kappa shape index (κ1) is 22.1. The van der Waals surface area contributed by atoms with Crippen LogP contribution in [-0.2, 0) is 14.6 Å². The number of rotatable bonds is 8. The highest BCUT2D eigenvalue weighted by atomic mass is 32.2. The average Bonchev–Trinajstić information content (AvgIpc) is 3.07. The number of carbonyl (C=O) groups is 2. The Morgan fingerprint density at radius 2 is 1.87 bits per heavy atom. The van der Waals surface area contributed by atoms with E-state index in [0.29, 0.717) is 10.9 Å². The molecule has 11 heteroatoms. The summed E-state index contributed by atoms with van der Waals surface area (Å²) in [7, 11) is -1.97. The molecule has 0 bridgehead atoms. The maximum Gasteiger partial charge on any atom is 0.341 e. The number of carboxylic acid groups (broad SMARTS) is 1. The Morgan fingerprint density at radius 3 is 2.45 bits per heavy atom. The summed E-state index contributed by atoms with van der Waals surface area (Å²) >= 11 is 0. The molecule has 3 N–H and O–H groups in total. The summed E-state index contributed by atoms with van der Waals surface area (Å²) in [4.78, 5) is 23.5. The van der Waals surface area contributed by atoms with Gasteiger partial charge in [0.05, 0.1) is 11.3 Å². The van der Waals surface area contributed by atoms with Crippen LogP contribution in [0, 0.1) is 5.82 Å². The smallest absolute Gasteiger partial charge is 0.341 e. The molecule has 1 amide bonds. The van der Waals surface area contributed by atoms with Crippen LogP contribution in [0.15, 0.2) is 40.8 Å². The molecule has 3 aromatic rings. The van der Waals surface area contributed by atoms with E-state index >= 15 is 0 Å². The van der Waals surface area contributed by atoms with E-state index in [1.165, 1.54) is 43.4 Å². The largest absolute Gasteiger partial charge is 0.480 e. The third-order valence-electron chi connectivity index (χ3n) is 4.23. The number of hydrogen-bond donors (Lipinski definition) is 3. The first-order valence-electron chi connectivity index (χ1n) is 8.94. The molecular weight excluding hydrogens is 431 g/mol. The van der Waals surface area contributed by atoms with Crippen LogP contribution in [0.3, 0.4) is 0 Å². The molecule has 3 rings (SSSR count). The number of hydrogen-bond acceptors (Lipinski definition) is 7. The van der Waals surface area contributed by atoms with Gasteiger partial charge in [-0.15, -0.1) is 0 Å². The molecule has 1 aromatic heterocycles. The van der Waals surface area contributed by atoms with Crippen molar-refractivity contribution in [1.82, 2.24) is 5.32 Å². The number of ether oxygens (including phenoxy) is 1. The maximum absolute atomic E-state index is 13.3. The number of aliphatic carboxylic acids is 1. The van der Waals surface area contributed by atoms with E-state index in [1.807, 2.05) is 0 Å². The molecule has 0 aliphatic heterocycles. The summed E-state index contributed by atoms with van der Waals surface area (Å²) in [6.07, 6.45) is 1.03. The van der Waals surface area contributed by atoms with E-state index in [0.717, 1.165) is 6.26 Å². The van der Waals surface area contributed by atoms with Crippen LogP contribution in [0.5, 0.6) is 5.75 Å². The van der Waals surface area contributed by atoms with Crippen LogP contribution in [-0.4, -0.2) is 51.2 Å². The molecule has 9 nitrogen and oxygen atoms in total. The molecule has 0 aliphatic carbocycles. The van der Waals surface area contributed by atoms with Gasteiger partial charge in [-0.05, 0) is 30.3 Å². The first-order valence-corrected chi connectivity index (χ1v) is 11.0. The van der Waals surface area contributed by atoms with Gasteiger partial charge < -0.3 is 24.9 Å². The lowest BCUT2D eigenvalue weighted by molar-refractivity contribution is -0.139. The summed E-state index contributed by atoms with van der Waals surface area (Å²) in [5.74, 6) is -2.43. The van der Waals surface area contributed by atoms with E-state index < -0.39 is 40.0 Å². The van der Waals surface area contributed by atoms with Gasteiger partial charge >= 0.3 is 5.97 Å². The van der Waals surface area contributed by atoms with Crippen LogP contribution in [0.1, 0.15) is 10.4 Å². The number of carbonyl (C=O) groups excluding carboxylic acids is 1. The fraction of sp³-hybridized carbons (Fsp3) is 0.200. The Balaban J connectivity index is 2.21. The lowest BCUT2D eigenvalue weighted by atomic mass is 10.0. The van der Waals surface area contributed by atoms with Gasteiger partial charge in [-0.3, -0.25) is 4.79 Å². The highest BCUT2D eigenvalue weighted by molar-refractivity contribution is 7.90. The molecule has 0 aliphatic rings. The quantitative estimate of drug-likeness (QED) is 0.476. The molecule has 164 valence electrons. The third kappa shape index (κ3) is 5.12. The van der Waals surface area contributed by atoms with Crippen LogP contribution < -0.4 is 15.4 Å². The monoisotopic (exact) mass is 450 g/mol. The molecule has 0 unspecified atom stereocenters. The lowest BCUT2D eigenvalue weighted by Gasteiger charge is -2.12. The molecule has 0 radical (unpaired) electrons. The normalized spacial score (nSPS) is 11.3. The van der Waals surface area contributed by atoms with Gasteiger partial charge in [-0.1, -0.05) is 0 Å². The second-order valence-corrected chi connectivity index (χ2v) is 8.81. The van der Waals surface area contributed by atoms with Gasteiger partial charge in [-0.2, -0.15) is 0 Å². The van der Waals surface area contributed by atoms with Gasteiger partial charge in [0, 0.05) is 30.3 Å². The second kappa shape index (κ2) is 8.64. The number of anilines is 1. The van der Waals surface area contributed by atoms with Crippen molar-refractivity contribution >= 4 is 38.4 Å². The van der Waals surface area contributed by atoms with Crippen LogP contribution in [0.2, 0.25) is 0 Å². The van der Waals surface area contributed by atoms with Crippen LogP contribution in [0.25, 0.3) is 22.3 Å². The zero-order chi connectivity index (χ0) is 22.8. The highest BCUT2D eigenvalue weighted by Gasteiger charge is 2.24. The van der Waals surface area contributed by atoms with E-state index in [-0.39, 0.29) is 28.3 Å². The van der Waals surface area contributed by atoms with Crippen molar-refractivity contribution in [3.05, 3.63) is 47.8 Å². The second-order valence-electron chi connectivity index (χ2n) is 6.67. The molecule has 1 heterocycles. The number of nitrogens with one attached hydrogen (secondary N) is 2. The summed E-state index contributed by atoms with van der Waals surface area (Å²) < 4.78 is 47.6. The molecule has 0 saturated heterocycles. The number of furan rings is 1. The molecule has 0 atom stereocenters. The number of carboxylic acids is 1. The van der Waals surface area contributed by atoms with Crippen molar-refractivity contribution in [1.29, 1.82) is 0 Å². The summed E-state index contributed by atoms with van der Waals surface area (Å²) in [5.41, 5.74) is 0.965. The fourth-order valence-corrected chi connectivity index (χ4v) is 3.30. The van der Waals surface area contributed by atoms with Crippen molar-refractivity contribution < 1.29 is 36.7 Å². The SMILES string of the molecule is CNC(=O)c1c(-c2ccc(F)cc2)oc2cc(NCS(C)(=O)=O)c(OCC(=O)O)cc12. The van der Waals surface area contributed by atoms with Gasteiger partial charge in [-0.25, -0.2) is 17.6 Å². The Bertz CT molecular complexity index is 1250. The minimum Gasteiger partial charge on any atom is -0.480 e. The predicted molar refractivity (Wildman–Crippen MR) is 111 cm³/mol. The molecule has 0 spiro atoms. The minimum atomic E-state index is -3.40. The van der Waals surface area contributed by atoms with Crippen molar-refractivity contribution in [2.75, 3.05) is 31.1 Å². The molecular formula is C20H19FN2O7S. The molecule has 2 aromatic carbocycles. The van der Waals surface area contributed by atoms with Crippen molar-refractivity contribution in [2.45, 2.75) is 0 Å². The predicted octanol–water partition coefficient (Wildman–Crippen LogP) is 2.48. The van der Waals surface area contributed by atoms with E-state index in [2.05, 4.69) is 10.6 Å². The summed E-state index contributed by atoms with van der Waals surface area (Å²) in [5, 5.41) is 14.4. The van der Waals surface area contributed by atoms with E-state index in [9.17, 15) is 22.4 Å². The molecule has 0 saturated carbocycles. The average molecular weight is 450 g/mol. The Hall–Kier alpha value is -3.60. The Labute approximate surface area is 176 Å². The zero-order valence-corrected chi connectivity index (χ0v) is 17.4. The zero-order valence-electron chi connectivity index (χ0n) is 16.6. The van der Waals surface area contributed by atoms with Crippen molar-refractivity contribution in [3.63, 3.8) is 0 Å². The summed E-state index contributed by atoms with van der Waals surface area (Å²) in [6.45, 7) is -0.683. The highest BCUT2D eigenvalue weighted by Crippen LogP contribution is 2.39. The maximum atomic E-state index is 13.3.